The first-order chi connectivity index (χ1) is 4.35. The van der Waals surface area contributed by atoms with E-state index < -0.39 is 24.2 Å². The van der Waals surface area contributed by atoms with E-state index in [4.69, 9.17) is 0 Å². The Morgan fingerprint density at radius 3 is 2.10 bits per heavy atom. The maximum atomic E-state index is 11.8. The van der Waals surface area contributed by atoms with Crippen molar-refractivity contribution in [3.8, 4) is 0 Å². The molecule has 58 valence electrons. The molecule has 0 amide bonds. The molecule has 1 fully saturated rings. The molecule has 1 aliphatic heterocycles. The van der Waals surface area contributed by atoms with Gasteiger partial charge in [-0.3, -0.25) is 4.79 Å². The molecule has 1 rings (SSSR count). The van der Waals surface area contributed by atoms with Crippen molar-refractivity contribution in [1.82, 2.24) is 0 Å². The van der Waals surface area contributed by atoms with Crippen LogP contribution in [0.5, 0.6) is 0 Å². The van der Waals surface area contributed by atoms with Crippen LogP contribution in [0.2, 0.25) is 0 Å². The number of halogens is 3. The van der Waals surface area contributed by atoms with Crippen molar-refractivity contribution in [2.24, 2.45) is 0 Å². The standard InChI is InChI=1S/C5H5F3O2/c1-4(5(6,7)8)2-3(9)10-4/h2H2,1H3/t4-/m1/s1. The molecule has 0 aromatic rings. The predicted molar refractivity (Wildman–Crippen MR) is 25.2 cm³/mol. The average Bonchev–Trinajstić information content (AvgIpc) is 1.58. The largest absolute Gasteiger partial charge is 0.449 e. The summed E-state index contributed by atoms with van der Waals surface area (Å²) in [5.74, 6) is -0.792. The minimum atomic E-state index is -4.43. The van der Waals surface area contributed by atoms with Crippen LogP contribution < -0.4 is 0 Å². The summed E-state index contributed by atoms with van der Waals surface area (Å²) in [5, 5.41) is 0. The Labute approximate surface area is 55.0 Å². The summed E-state index contributed by atoms with van der Waals surface area (Å²) in [7, 11) is 0. The number of esters is 1. The average molecular weight is 154 g/mol. The van der Waals surface area contributed by atoms with E-state index in [0.29, 0.717) is 0 Å². The van der Waals surface area contributed by atoms with Crippen LogP contribution in [0.25, 0.3) is 0 Å². The maximum absolute atomic E-state index is 11.8. The number of hydrogen-bond donors (Lipinski definition) is 0. The van der Waals surface area contributed by atoms with Gasteiger partial charge in [0.15, 0.2) is 0 Å². The van der Waals surface area contributed by atoms with E-state index in [-0.39, 0.29) is 0 Å². The number of cyclic esters (lactones) is 1. The van der Waals surface area contributed by atoms with E-state index in [0.717, 1.165) is 6.92 Å². The Kier molecular flexibility index (Phi) is 1.21. The maximum Gasteiger partial charge on any atom is 0.428 e. The molecule has 1 atom stereocenters. The van der Waals surface area contributed by atoms with Gasteiger partial charge in [-0.15, -0.1) is 0 Å². The second-order valence-electron chi connectivity index (χ2n) is 2.38. The van der Waals surface area contributed by atoms with Gasteiger partial charge >= 0.3 is 12.1 Å². The third-order valence-electron chi connectivity index (χ3n) is 1.42. The molecule has 0 saturated carbocycles. The first-order valence-electron chi connectivity index (χ1n) is 2.64. The molecule has 1 aliphatic rings. The number of carbonyl (C=O) groups is 1. The molecule has 0 N–H and O–H groups in total. The van der Waals surface area contributed by atoms with E-state index in [1.807, 2.05) is 0 Å². The Morgan fingerprint density at radius 1 is 1.60 bits per heavy atom. The van der Waals surface area contributed by atoms with E-state index in [2.05, 4.69) is 4.74 Å². The van der Waals surface area contributed by atoms with Gasteiger partial charge in [0.25, 0.3) is 0 Å². The van der Waals surface area contributed by atoms with Crippen LogP contribution in [0, 0.1) is 0 Å². The van der Waals surface area contributed by atoms with Crippen LogP contribution in [0.1, 0.15) is 13.3 Å². The van der Waals surface area contributed by atoms with Crippen molar-refractivity contribution in [3.63, 3.8) is 0 Å². The molecule has 2 nitrogen and oxygen atoms in total. The van der Waals surface area contributed by atoms with Crippen LogP contribution >= 0.6 is 0 Å². The lowest BCUT2D eigenvalue weighted by atomic mass is 9.96. The summed E-state index contributed by atoms with van der Waals surface area (Å²) in [6.07, 6.45) is -4.99. The second kappa shape index (κ2) is 1.65. The van der Waals surface area contributed by atoms with Crippen molar-refractivity contribution in [2.75, 3.05) is 0 Å². The highest BCUT2D eigenvalue weighted by Gasteiger charge is 2.61. The van der Waals surface area contributed by atoms with Gasteiger partial charge in [-0.05, 0) is 6.92 Å². The van der Waals surface area contributed by atoms with E-state index in [1.165, 1.54) is 0 Å². The fraction of sp³-hybridized carbons (Fsp3) is 0.800. The normalized spacial score (nSPS) is 33.0. The van der Waals surface area contributed by atoms with Crippen molar-refractivity contribution in [1.29, 1.82) is 0 Å². The molecule has 0 aromatic heterocycles. The van der Waals surface area contributed by atoms with Gasteiger partial charge in [-0.2, -0.15) is 13.2 Å². The zero-order valence-electron chi connectivity index (χ0n) is 5.16. The van der Waals surface area contributed by atoms with Gasteiger partial charge in [0.05, 0.1) is 6.42 Å². The molecule has 0 aliphatic carbocycles. The second-order valence-corrected chi connectivity index (χ2v) is 2.38. The van der Waals surface area contributed by atoms with Crippen LogP contribution in [-0.4, -0.2) is 17.7 Å². The van der Waals surface area contributed by atoms with Crippen molar-refractivity contribution < 1.29 is 22.7 Å². The molecular weight excluding hydrogens is 149 g/mol. The van der Waals surface area contributed by atoms with Gasteiger partial charge < -0.3 is 4.74 Å². The molecule has 1 heterocycles. The quantitative estimate of drug-likeness (QED) is 0.491. The lowest BCUT2D eigenvalue weighted by molar-refractivity contribution is -0.295. The Bertz CT molecular complexity index is 164. The lowest BCUT2D eigenvalue weighted by Crippen LogP contribution is -2.55. The smallest absolute Gasteiger partial charge is 0.428 e. The summed E-state index contributed by atoms with van der Waals surface area (Å²) in [6.45, 7) is 0.856. The molecule has 0 unspecified atom stereocenters. The van der Waals surface area contributed by atoms with Crippen molar-refractivity contribution in [2.45, 2.75) is 25.1 Å². The number of carbonyl (C=O) groups excluding carboxylic acids is 1. The summed E-state index contributed by atoms with van der Waals surface area (Å²) >= 11 is 0. The fourth-order valence-corrected chi connectivity index (χ4v) is 0.676. The van der Waals surface area contributed by atoms with Gasteiger partial charge in [0.2, 0.25) is 5.60 Å². The molecule has 0 aromatic carbocycles. The summed E-state index contributed by atoms with van der Waals surface area (Å²) in [5.41, 5.74) is -2.22. The summed E-state index contributed by atoms with van der Waals surface area (Å²) in [6, 6.07) is 0. The topological polar surface area (TPSA) is 26.3 Å². The molecule has 0 bridgehead atoms. The van der Waals surface area contributed by atoms with Gasteiger partial charge in [-0.25, -0.2) is 0 Å². The number of hydrogen-bond acceptors (Lipinski definition) is 2. The molecule has 0 radical (unpaired) electrons. The number of alkyl halides is 3. The zero-order chi connectivity index (χ0) is 7.99. The lowest BCUT2D eigenvalue weighted by Gasteiger charge is -2.38. The highest BCUT2D eigenvalue weighted by molar-refractivity contribution is 5.77. The Morgan fingerprint density at radius 2 is 2.00 bits per heavy atom. The molecule has 5 heteroatoms. The summed E-state index contributed by atoms with van der Waals surface area (Å²) in [4.78, 5) is 10.0. The van der Waals surface area contributed by atoms with E-state index >= 15 is 0 Å². The monoisotopic (exact) mass is 154 g/mol. The van der Waals surface area contributed by atoms with Crippen LogP contribution in [-0.2, 0) is 9.53 Å². The van der Waals surface area contributed by atoms with E-state index in [1.54, 1.807) is 0 Å². The molecule has 0 spiro atoms. The highest BCUT2D eigenvalue weighted by atomic mass is 19.4. The highest BCUT2D eigenvalue weighted by Crippen LogP contribution is 2.42. The Balaban J connectivity index is 2.65. The predicted octanol–water partition coefficient (Wildman–Crippen LogP) is 1.25. The fourth-order valence-electron chi connectivity index (χ4n) is 0.676. The summed E-state index contributed by atoms with van der Waals surface area (Å²) < 4.78 is 39.3. The minimum absolute atomic E-state index is 0.559. The third kappa shape index (κ3) is 0.853. The SMILES string of the molecule is C[C@]1(C(F)(F)F)CC(=O)O1. The minimum Gasteiger partial charge on any atom is -0.449 e. The van der Waals surface area contributed by atoms with Gasteiger partial charge in [0, 0.05) is 0 Å². The number of ether oxygens (including phenoxy) is 1. The first kappa shape index (κ1) is 7.37. The zero-order valence-corrected chi connectivity index (χ0v) is 5.16. The first-order valence-corrected chi connectivity index (χ1v) is 2.64. The molecular formula is C5H5F3O2. The third-order valence-corrected chi connectivity index (χ3v) is 1.42. The van der Waals surface area contributed by atoms with Gasteiger partial charge in [-0.1, -0.05) is 0 Å². The Hall–Kier alpha value is -0.740. The molecule has 1 saturated heterocycles. The van der Waals surface area contributed by atoms with Crippen LogP contribution in [0.15, 0.2) is 0 Å². The van der Waals surface area contributed by atoms with Crippen LogP contribution in [0.4, 0.5) is 13.2 Å². The molecule has 10 heavy (non-hydrogen) atoms. The van der Waals surface area contributed by atoms with Crippen molar-refractivity contribution >= 4 is 5.97 Å². The number of rotatable bonds is 0. The van der Waals surface area contributed by atoms with Gasteiger partial charge in [0.1, 0.15) is 0 Å². The van der Waals surface area contributed by atoms with Crippen LogP contribution in [0.3, 0.4) is 0 Å². The van der Waals surface area contributed by atoms with Crippen molar-refractivity contribution in [3.05, 3.63) is 0 Å². The van der Waals surface area contributed by atoms with E-state index in [9.17, 15) is 18.0 Å².